The van der Waals surface area contributed by atoms with Gasteiger partial charge < -0.3 is 5.32 Å². The van der Waals surface area contributed by atoms with Crippen LogP contribution >= 0.6 is 23.5 Å². The Morgan fingerprint density at radius 2 is 2.50 bits per heavy atom. The summed E-state index contributed by atoms with van der Waals surface area (Å²) in [6, 6.07) is 2.66. The first kappa shape index (κ1) is 12.3. The van der Waals surface area contributed by atoms with E-state index in [2.05, 4.69) is 47.1 Å². The average molecular weight is 257 g/mol. The highest BCUT2D eigenvalue weighted by Crippen LogP contribution is 2.27. The monoisotopic (exact) mass is 257 g/mol. The van der Waals surface area contributed by atoms with E-state index >= 15 is 0 Å². The Morgan fingerprint density at radius 3 is 3.06 bits per heavy atom. The third kappa shape index (κ3) is 3.18. The standard InChI is InChI=1S/C11H19N3S2/c1-12-10(11-8-15-5-6-16-11)7-9-3-4-14(2)13-9/h3-4,10-12H,5-8H2,1-2H3. The molecule has 0 aromatic carbocycles. The predicted molar refractivity (Wildman–Crippen MR) is 73.3 cm³/mol. The zero-order valence-corrected chi connectivity index (χ0v) is 11.5. The van der Waals surface area contributed by atoms with Gasteiger partial charge in [-0.15, -0.1) is 0 Å². The molecule has 3 nitrogen and oxygen atoms in total. The highest BCUT2D eigenvalue weighted by molar-refractivity contribution is 8.06. The van der Waals surface area contributed by atoms with E-state index in [0.29, 0.717) is 6.04 Å². The lowest BCUT2D eigenvalue weighted by molar-refractivity contribution is 0.546. The number of nitrogens with one attached hydrogen (secondary N) is 1. The maximum atomic E-state index is 4.45. The van der Waals surface area contributed by atoms with Crippen molar-refractivity contribution in [1.29, 1.82) is 0 Å². The zero-order valence-electron chi connectivity index (χ0n) is 9.85. The van der Waals surface area contributed by atoms with Gasteiger partial charge in [0, 0.05) is 48.2 Å². The Hall–Kier alpha value is -0.130. The molecule has 0 spiro atoms. The van der Waals surface area contributed by atoms with Crippen LogP contribution in [0.5, 0.6) is 0 Å². The molecule has 2 rings (SSSR count). The number of thioether (sulfide) groups is 2. The first-order chi connectivity index (χ1) is 7.79. The van der Waals surface area contributed by atoms with Crippen LogP contribution in [0.3, 0.4) is 0 Å². The zero-order chi connectivity index (χ0) is 11.4. The molecular formula is C11H19N3S2. The maximum absolute atomic E-state index is 4.45. The van der Waals surface area contributed by atoms with E-state index in [-0.39, 0.29) is 0 Å². The summed E-state index contributed by atoms with van der Waals surface area (Å²) in [5.41, 5.74) is 1.19. The van der Waals surface area contributed by atoms with E-state index in [0.717, 1.165) is 11.7 Å². The van der Waals surface area contributed by atoms with E-state index in [1.165, 1.54) is 23.0 Å². The topological polar surface area (TPSA) is 29.9 Å². The van der Waals surface area contributed by atoms with Gasteiger partial charge in [-0.3, -0.25) is 4.68 Å². The fourth-order valence-corrected chi connectivity index (χ4v) is 4.88. The normalized spacial score (nSPS) is 23.2. The molecule has 2 atom stereocenters. The fourth-order valence-electron chi connectivity index (χ4n) is 1.96. The molecule has 5 heteroatoms. The number of nitrogens with zero attached hydrogens (tertiary/aromatic N) is 2. The smallest absolute Gasteiger partial charge is 0.0640 e. The van der Waals surface area contributed by atoms with Gasteiger partial charge in [0.05, 0.1) is 5.69 Å². The molecule has 0 aliphatic carbocycles. The van der Waals surface area contributed by atoms with E-state index in [9.17, 15) is 0 Å². The van der Waals surface area contributed by atoms with Gasteiger partial charge in [-0.1, -0.05) is 0 Å². The van der Waals surface area contributed by atoms with E-state index in [1.54, 1.807) is 0 Å². The summed E-state index contributed by atoms with van der Waals surface area (Å²) in [7, 11) is 4.04. The number of hydrogen-bond acceptors (Lipinski definition) is 4. The molecular weight excluding hydrogens is 238 g/mol. The Labute approximate surface area is 106 Å². The molecule has 1 aliphatic heterocycles. The Bertz CT molecular complexity index is 321. The number of likely N-dealkylation sites (N-methyl/N-ethyl adjacent to an activating group) is 1. The molecule has 2 unspecified atom stereocenters. The van der Waals surface area contributed by atoms with Crippen molar-refractivity contribution in [2.75, 3.05) is 24.3 Å². The van der Waals surface area contributed by atoms with Gasteiger partial charge in [-0.05, 0) is 13.1 Å². The number of aryl methyl sites for hydroxylation is 1. The van der Waals surface area contributed by atoms with Crippen LogP contribution in [-0.2, 0) is 13.5 Å². The van der Waals surface area contributed by atoms with Crippen LogP contribution in [0.25, 0.3) is 0 Å². The molecule has 1 aromatic rings. The number of rotatable bonds is 4. The van der Waals surface area contributed by atoms with Crippen molar-refractivity contribution in [3.8, 4) is 0 Å². The van der Waals surface area contributed by atoms with Crippen molar-refractivity contribution >= 4 is 23.5 Å². The summed E-state index contributed by atoms with van der Waals surface area (Å²) in [6.45, 7) is 0. The van der Waals surface area contributed by atoms with Gasteiger partial charge in [0.2, 0.25) is 0 Å². The lowest BCUT2D eigenvalue weighted by atomic mass is 10.1. The molecule has 1 saturated heterocycles. The second-order valence-corrected chi connectivity index (χ2v) is 6.56. The van der Waals surface area contributed by atoms with Crippen LogP contribution < -0.4 is 5.32 Å². The van der Waals surface area contributed by atoms with Crippen molar-refractivity contribution in [2.24, 2.45) is 7.05 Å². The quantitative estimate of drug-likeness (QED) is 0.883. The second kappa shape index (κ2) is 5.98. The molecule has 1 aromatic heterocycles. The molecule has 90 valence electrons. The van der Waals surface area contributed by atoms with Crippen LogP contribution in [0.15, 0.2) is 12.3 Å². The summed E-state index contributed by atoms with van der Waals surface area (Å²) in [5.74, 6) is 3.86. The molecule has 0 amide bonds. The Kier molecular flexibility index (Phi) is 4.61. The number of hydrogen-bond donors (Lipinski definition) is 1. The van der Waals surface area contributed by atoms with Crippen LogP contribution in [-0.4, -0.2) is 45.4 Å². The molecule has 2 heterocycles. The van der Waals surface area contributed by atoms with Gasteiger partial charge >= 0.3 is 0 Å². The Morgan fingerprint density at radius 1 is 1.62 bits per heavy atom. The predicted octanol–water partition coefficient (Wildman–Crippen LogP) is 1.40. The largest absolute Gasteiger partial charge is 0.315 e. The van der Waals surface area contributed by atoms with Crippen LogP contribution in [0.2, 0.25) is 0 Å². The molecule has 1 N–H and O–H groups in total. The van der Waals surface area contributed by atoms with Crippen LogP contribution in [0.1, 0.15) is 5.69 Å². The molecule has 1 fully saturated rings. The number of aromatic nitrogens is 2. The molecule has 0 radical (unpaired) electrons. The molecule has 0 bridgehead atoms. The third-order valence-electron chi connectivity index (χ3n) is 2.86. The maximum Gasteiger partial charge on any atom is 0.0640 e. The highest BCUT2D eigenvalue weighted by Gasteiger charge is 2.24. The molecule has 0 saturated carbocycles. The molecule has 16 heavy (non-hydrogen) atoms. The minimum absolute atomic E-state index is 0.549. The lowest BCUT2D eigenvalue weighted by Gasteiger charge is -2.28. The summed E-state index contributed by atoms with van der Waals surface area (Å²) >= 11 is 4.18. The van der Waals surface area contributed by atoms with Gasteiger partial charge in [0.25, 0.3) is 0 Å². The second-order valence-electron chi connectivity index (χ2n) is 4.06. The van der Waals surface area contributed by atoms with Crippen LogP contribution in [0, 0.1) is 0 Å². The van der Waals surface area contributed by atoms with E-state index in [4.69, 9.17) is 0 Å². The van der Waals surface area contributed by atoms with E-state index in [1.807, 2.05) is 17.9 Å². The van der Waals surface area contributed by atoms with Crippen molar-refractivity contribution in [1.82, 2.24) is 15.1 Å². The summed E-state index contributed by atoms with van der Waals surface area (Å²) < 4.78 is 1.88. The molecule has 1 aliphatic rings. The van der Waals surface area contributed by atoms with Crippen molar-refractivity contribution in [3.05, 3.63) is 18.0 Å². The van der Waals surface area contributed by atoms with Crippen molar-refractivity contribution in [2.45, 2.75) is 17.7 Å². The highest BCUT2D eigenvalue weighted by atomic mass is 32.2. The minimum atomic E-state index is 0.549. The lowest BCUT2D eigenvalue weighted by Crippen LogP contribution is -2.40. The summed E-state index contributed by atoms with van der Waals surface area (Å²) in [6.07, 6.45) is 3.06. The summed E-state index contributed by atoms with van der Waals surface area (Å²) in [4.78, 5) is 0. The van der Waals surface area contributed by atoms with Crippen molar-refractivity contribution in [3.63, 3.8) is 0 Å². The average Bonchev–Trinajstić information content (AvgIpc) is 2.73. The first-order valence-electron chi connectivity index (χ1n) is 5.64. The van der Waals surface area contributed by atoms with Gasteiger partial charge in [0.15, 0.2) is 0 Å². The van der Waals surface area contributed by atoms with Crippen molar-refractivity contribution < 1.29 is 0 Å². The summed E-state index contributed by atoms with van der Waals surface area (Å²) in [5, 5.41) is 8.63. The van der Waals surface area contributed by atoms with Crippen LogP contribution in [0.4, 0.5) is 0 Å². The first-order valence-corrected chi connectivity index (χ1v) is 7.85. The third-order valence-corrected chi connectivity index (χ3v) is 5.78. The fraction of sp³-hybridized carbons (Fsp3) is 0.727. The SMILES string of the molecule is CNC(Cc1ccn(C)n1)C1CSCCS1. The van der Waals surface area contributed by atoms with Gasteiger partial charge in [0.1, 0.15) is 0 Å². The minimum Gasteiger partial charge on any atom is -0.315 e. The van der Waals surface area contributed by atoms with E-state index < -0.39 is 0 Å². The Balaban J connectivity index is 1.94. The van der Waals surface area contributed by atoms with Gasteiger partial charge in [-0.25, -0.2) is 0 Å². The van der Waals surface area contributed by atoms with Gasteiger partial charge in [-0.2, -0.15) is 28.6 Å².